The highest BCUT2D eigenvalue weighted by atomic mass is 35.5. The first kappa shape index (κ1) is 27.3. The third-order valence-electron chi connectivity index (χ3n) is 5.53. The average Bonchev–Trinajstić information content (AvgIpc) is 2.86. The highest BCUT2D eigenvalue weighted by Crippen LogP contribution is 2.41. The molecule has 0 atom stereocenters. The quantitative estimate of drug-likeness (QED) is 0.155. The molecule has 0 unspecified atom stereocenters. The second-order valence-corrected chi connectivity index (χ2v) is 10.3. The molecule has 1 amide bonds. The maximum Gasteiger partial charge on any atom is 0.296 e. The standard InChI is InChI=1S/C26H21Cl2N3O6S/c1-3-37-25-18(27)9-6-10-20(25)29-26(33)17-12-15-7-4-5-8-16(15)23(24(17)32)31-30-21-13-19(28)22(11-14(21)2)38(34,35)36/h4-13,32H,3H2,1-2H3,(H,29,33)(H,34,35,36). The molecule has 0 aliphatic carbocycles. The van der Waals surface area contributed by atoms with Crippen molar-refractivity contribution in [3.8, 4) is 11.5 Å². The molecule has 4 aromatic carbocycles. The van der Waals surface area contributed by atoms with Crippen molar-refractivity contribution < 1.29 is 27.6 Å². The summed E-state index contributed by atoms with van der Waals surface area (Å²) in [6, 6.07) is 15.8. The van der Waals surface area contributed by atoms with E-state index in [-0.39, 0.29) is 22.0 Å². The molecule has 0 spiro atoms. The highest BCUT2D eigenvalue weighted by Gasteiger charge is 2.21. The molecule has 0 aliphatic heterocycles. The number of carbonyl (C=O) groups is 1. The van der Waals surface area contributed by atoms with Crippen LogP contribution in [0.4, 0.5) is 17.1 Å². The molecular weight excluding hydrogens is 553 g/mol. The summed E-state index contributed by atoms with van der Waals surface area (Å²) in [6.07, 6.45) is 0. The Morgan fingerprint density at radius 1 is 1.03 bits per heavy atom. The number of carbonyl (C=O) groups excluding carboxylic acids is 1. The number of fused-ring (bicyclic) bond motifs is 1. The largest absolute Gasteiger partial charge is 0.505 e. The number of benzene rings is 4. The monoisotopic (exact) mass is 573 g/mol. The molecule has 0 fully saturated rings. The van der Waals surface area contributed by atoms with Crippen molar-refractivity contribution >= 4 is 67.1 Å². The van der Waals surface area contributed by atoms with E-state index in [9.17, 15) is 22.9 Å². The van der Waals surface area contributed by atoms with Gasteiger partial charge in [0.05, 0.1) is 33.6 Å². The minimum absolute atomic E-state index is 0.0127. The van der Waals surface area contributed by atoms with E-state index in [1.54, 1.807) is 56.3 Å². The Labute approximate surface area is 228 Å². The summed E-state index contributed by atoms with van der Waals surface area (Å²) in [4.78, 5) is 12.8. The SMILES string of the molecule is CCOc1c(Cl)cccc1NC(=O)c1cc2ccccc2c(N=Nc2cc(Cl)c(S(=O)(=O)O)cc2C)c1O. The predicted molar refractivity (Wildman–Crippen MR) is 146 cm³/mol. The van der Waals surface area contributed by atoms with Crippen LogP contribution in [0.5, 0.6) is 11.5 Å². The van der Waals surface area contributed by atoms with Crippen LogP contribution in [0, 0.1) is 6.92 Å². The van der Waals surface area contributed by atoms with Crippen LogP contribution in [0.3, 0.4) is 0 Å². The number of para-hydroxylation sites is 1. The number of halogens is 2. The van der Waals surface area contributed by atoms with Gasteiger partial charge in [-0.05, 0) is 55.1 Å². The van der Waals surface area contributed by atoms with Crippen LogP contribution in [-0.4, -0.2) is 30.6 Å². The van der Waals surface area contributed by atoms with Gasteiger partial charge < -0.3 is 15.2 Å². The molecule has 0 aliphatic rings. The fourth-order valence-corrected chi connectivity index (χ4v) is 5.04. The molecule has 0 saturated carbocycles. The molecular formula is C26H21Cl2N3O6S. The van der Waals surface area contributed by atoms with Crippen molar-refractivity contribution in [2.75, 3.05) is 11.9 Å². The molecule has 0 saturated heterocycles. The van der Waals surface area contributed by atoms with Crippen molar-refractivity contribution in [3.63, 3.8) is 0 Å². The first-order valence-electron chi connectivity index (χ1n) is 11.2. The van der Waals surface area contributed by atoms with Crippen molar-refractivity contribution in [3.05, 3.63) is 81.8 Å². The molecule has 0 heterocycles. The molecule has 0 radical (unpaired) electrons. The second kappa shape index (κ2) is 11.0. The summed E-state index contributed by atoms with van der Waals surface area (Å²) in [6.45, 7) is 3.67. The van der Waals surface area contributed by atoms with Gasteiger partial charge in [-0.3, -0.25) is 9.35 Å². The molecule has 0 aromatic heterocycles. The lowest BCUT2D eigenvalue weighted by molar-refractivity contribution is 0.102. The van der Waals surface area contributed by atoms with E-state index in [0.29, 0.717) is 39.4 Å². The zero-order valence-corrected chi connectivity index (χ0v) is 22.4. The molecule has 0 bridgehead atoms. The van der Waals surface area contributed by atoms with Crippen LogP contribution in [0.1, 0.15) is 22.8 Å². The van der Waals surface area contributed by atoms with E-state index in [2.05, 4.69) is 15.5 Å². The van der Waals surface area contributed by atoms with Gasteiger partial charge in [-0.25, -0.2) is 0 Å². The zero-order valence-electron chi connectivity index (χ0n) is 20.1. The Morgan fingerprint density at radius 3 is 2.47 bits per heavy atom. The Hall–Kier alpha value is -3.70. The topological polar surface area (TPSA) is 138 Å². The van der Waals surface area contributed by atoms with Gasteiger partial charge in [-0.15, -0.1) is 5.11 Å². The fourth-order valence-electron chi connectivity index (χ4n) is 3.73. The van der Waals surface area contributed by atoms with Crippen LogP contribution in [0.2, 0.25) is 10.0 Å². The highest BCUT2D eigenvalue weighted by molar-refractivity contribution is 7.86. The van der Waals surface area contributed by atoms with Crippen LogP contribution >= 0.6 is 23.2 Å². The number of rotatable bonds is 7. The van der Waals surface area contributed by atoms with Gasteiger partial charge in [0.2, 0.25) is 0 Å². The summed E-state index contributed by atoms with van der Waals surface area (Å²) in [5, 5.41) is 23.3. The van der Waals surface area contributed by atoms with Crippen molar-refractivity contribution in [2.45, 2.75) is 18.7 Å². The van der Waals surface area contributed by atoms with E-state index in [1.165, 1.54) is 12.1 Å². The third kappa shape index (κ3) is 5.58. The van der Waals surface area contributed by atoms with Crippen molar-refractivity contribution in [2.24, 2.45) is 10.2 Å². The fraction of sp³-hybridized carbons (Fsp3) is 0.115. The first-order chi connectivity index (χ1) is 18.0. The molecule has 38 heavy (non-hydrogen) atoms. The zero-order chi connectivity index (χ0) is 27.6. The Balaban J connectivity index is 1.79. The number of amides is 1. The van der Waals surface area contributed by atoms with Gasteiger partial charge >= 0.3 is 0 Å². The average molecular weight is 574 g/mol. The molecule has 12 heteroatoms. The van der Waals surface area contributed by atoms with Gasteiger partial charge in [-0.2, -0.15) is 13.5 Å². The van der Waals surface area contributed by atoms with E-state index < -0.39 is 26.7 Å². The summed E-state index contributed by atoms with van der Waals surface area (Å²) in [5.74, 6) is -0.765. The smallest absolute Gasteiger partial charge is 0.296 e. The predicted octanol–water partition coefficient (Wildman–Crippen LogP) is 7.47. The number of aromatic hydroxyl groups is 1. The van der Waals surface area contributed by atoms with E-state index in [0.717, 1.165) is 6.07 Å². The van der Waals surface area contributed by atoms with Gasteiger partial charge in [0.15, 0.2) is 11.5 Å². The number of phenols is 1. The maximum atomic E-state index is 13.3. The molecule has 196 valence electrons. The number of anilines is 1. The summed E-state index contributed by atoms with van der Waals surface area (Å²) in [5.41, 5.74) is 0.813. The second-order valence-electron chi connectivity index (χ2n) is 8.09. The summed E-state index contributed by atoms with van der Waals surface area (Å²) >= 11 is 12.2. The normalized spacial score (nSPS) is 11.7. The van der Waals surface area contributed by atoms with E-state index in [1.807, 2.05) is 0 Å². The van der Waals surface area contributed by atoms with Crippen molar-refractivity contribution in [1.82, 2.24) is 0 Å². The van der Waals surface area contributed by atoms with Gasteiger partial charge in [-0.1, -0.05) is 53.5 Å². The molecule has 4 rings (SSSR count). The van der Waals surface area contributed by atoms with Gasteiger partial charge in [0.1, 0.15) is 10.6 Å². The number of nitrogens with one attached hydrogen (secondary N) is 1. The van der Waals surface area contributed by atoms with Gasteiger partial charge in [0, 0.05) is 5.39 Å². The Morgan fingerprint density at radius 2 is 1.76 bits per heavy atom. The lowest BCUT2D eigenvalue weighted by Gasteiger charge is -2.14. The number of aryl methyl sites for hydroxylation is 1. The first-order valence-corrected chi connectivity index (χ1v) is 13.4. The maximum absolute atomic E-state index is 13.3. The number of ether oxygens (including phenoxy) is 1. The van der Waals surface area contributed by atoms with Crippen LogP contribution in [0.15, 0.2) is 75.8 Å². The number of azo groups is 1. The van der Waals surface area contributed by atoms with Crippen LogP contribution < -0.4 is 10.1 Å². The van der Waals surface area contributed by atoms with Crippen LogP contribution in [-0.2, 0) is 10.1 Å². The molecule has 4 aromatic rings. The van der Waals surface area contributed by atoms with Crippen LogP contribution in [0.25, 0.3) is 10.8 Å². The number of phenolic OH excluding ortho intramolecular Hbond substituents is 1. The molecule has 3 N–H and O–H groups in total. The molecule has 9 nitrogen and oxygen atoms in total. The summed E-state index contributed by atoms with van der Waals surface area (Å²) < 4.78 is 38.0. The number of hydrogen-bond donors (Lipinski definition) is 3. The van der Waals surface area contributed by atoms with Crippen molar-refractivity contribution in [1.29, 1.82) is 0 Å². The number of nitrogens with zero attached hydrogens (tertiary/aromatic N) is 2. The summed E-state index contributed by atoms with van der Waals surface area (Å²) in [7, 11) is -4.53. The third-order valence-corrected chi connectivity index (χ3v) is 7.15. The minimum Gasteiger partial charge on any atom is -0.505 e. The van der Waals surface area contributed by atoms with E-state index >= 15 is 0 Å². The van der Waals surface area contributed by atoms with E-state index in [4.69, 9.17) is 27.9 Å². The lowest BCUT2D eigenvalue weighted by Crippen LogP contribution is -2.13. The Bertz CT molecular complexity index is 1710. The number of hydrogen-bond acceptors (Lipinski definition) is 7. The minimum atomic E-state index is -4.53. The Kier molecular flexibility index (Phi) is 7.89. The lowest BCUT2D eigenvalue weighted by atomic mass is 10.0. The van der Waals surface area contributed by atoms with Gasteiger partial charge in [0.25, 0.3) is 16.0 Å².